The van der Waals surface area contributed by atoms with E-state index in [1.54, 1.807) is 30.7 Å². The molecule has 0 radical (unpaired) electrons. The Labute approximate surface area is 159 Å². The highest BCUT2D eigenvalue weighted by Gasteiger charge is 2.22. The SMILES string of the molecule is CCN(CC)S(=O)(=O)c1cccc(C(=O)N/N=C/c2c(C)nn(C)c2C)c1. The zero-order valence-electron chi connectivity index (χ0n) is 16.2. The summed E-state index contributed by atoms with van der Waals surface area (Å²) in [7, 11) is -1.79. The minimum Gasteiger partial charge on any atom is -0.272 e. The molecule has 0 aliphatic rings. The largest absolute Gasteiger partial charge is 0.272 e. The van der Waals surface area contributed by atoms with Gasteiger partial charge in [0, 0.05) is 37.0 Å². The van der Waals surface area contributed by atoms with Gasteiger partial charge in [-0.3, -0.25) is 9.48 Å². The van der Waals surface area contributed by atoms with Gasteiger partial charge in [-0.05, 0) is 32.0 Å². The van der Waals surface area contributed by atoms with E-state index >= 15 is 0 Å². The fourth-order valence-electron chi connectivity index (χ4n) is 2.71. The zero-order valence-corrected chi connectivity index (χ0v) is 17.0. The normalized spacial score (nSPS) is 12.1. The fraction of sp³-hybridized carbons (Fsp3) is 0.389. The van der Waals surface area contributed by atoms with Crippen LogP contribution in [0.1, 0.15) is 41.2 Å². The molecular weight excluding hydrogens is 366 g/mol. The van der Waals surface area contributed by atoms with Crippen LogP contribution < -0.4 is 5.43 Å². The summed E-state index contributed by atoms with van der Waals surface area (Å²) in [4.78, 5) is 12.4. The molecule has 0 spiro atoms. The number of amides is 1. The van der Waals surface area contributed by atoms with E-state index in [0.717, 1.165) is 17.0 Å². The number of nitrogens with zero attached hydrogens (tertiary/aromatic N) is 4. The first-order valence-electron chi connectivity index (χ1n) is 8.66. The van der Waals surface area contributed by atoms with Gasteiger partial charge in [-0.15, -0.1) is 0 Å². The Morgan fingerprint density at radius 2 is 1.96 bits per heavy atom. The lowest BCUT2D eigenvalue weighted by Gasteiger charge is -2.18. The average molecular weight is 391 g/mol. The average Bonchev–Trinajstić information content (AvgIpc) is 2.88. The minimum absolute atomic E-state index is 0.0850. The Kier molecular flexibility index (Phi) is 6.50. The van der Waals surface area contributed by atoms with E-state index in [4.69, 9.17) is 0 Å². The minimum atomic E-state index is -3.63. The maximum absolute atomic E-state index is 12.6. The van der Waals surface area contributed by atoms with Crippen LogP contribution in [0.4, 0.5) is 0 Å². The standard InChI is InChI=1S/C18H25N5O3S/c1-6-23(7-2)27(25,26)16-10-8-9-15(11-16)18(24)20-19-12-17-13(3)21-22(5)14(17)4/h8-12H,6-7H2,1-5H3,(H,20,24)/b19-12+. The molecule has 1 heterocycles. The molecule has 0 atom stereocenters. The summed E-state index contributed by atoms with van der Waals surface area (Å²) < 4.78 is 28.3. The Bertz CT molecular complexity index is 959. The number of carbonyl (C=O) groups excluding carboxylic acids is 1. The molecule has 0 saturated heterocycles. The Morgan fingerprint density at radius 1 is 1.30 bits per heavy atom. The van der Waals surface area contributed by atoms with Crippen LogP contribution in [0.25, 0.3) is 0 Å². The van der Waals surface area contributed by atoms with Gasteiger partial charge in [-0.2, -0.15) is 14.5 Å². The molecular formula is C18H25N5O3S. The van der Waals surface area contributed by atoms with Crippen molar-refractivity contribution in [2.75, 3.05) is 13.1 Å². The van der Waals surface area contributed by atoms with Crippen LogP contribution in [-0.2, 0) is 17.1 Å². The maximum atomic E-state index is 12.6. The first-order chi connectivity index (χ1) is 12.7. The quantitative estimate of drug-likeness (QED) is 0.575. The summed E-state index contributed by atoms with van der Waals surface area (Å²) in [6.45, 7) is 8.04. The lowest BCUT2D eigenvalue weighted by atomic mass is 10.2. The van der Waals surface area contributed by atoms with Crippen molar-refractivity contribution in [3.8, 4) is 0 Å². The number of rotatable bonds is 7. The Morgan fingerprint density at radius 3 is 2.52 bits per heavy atom. The van der Waals surface area contributed by atoms with Gasteiger partial charge in [0.05, 0.1) is 16.8 Å². The molecule has 1 aromatic carbocycles. The molecule has 2 rings (SSSR count). The number of hydrogen-bond donors (Lipinski definition) is 1. The number of sulfonamides is 1. The summed E-state index contributed by atoms with van der Waals surface area (Å²) >= 11 is 0. The highest BCUT2D eigenvalue weighted by molar-refractivity contribution is 7.89. The number of benzene rings is 1. The van der Waals surface area contributed by atoms with Gasteiger partial charge in [0.2, 0.25) is 10.0 Å². The van der Waals surface area contributed by atoms with Crippen LogP contribution in [0.15, 0.2) is 34.3 Å². The predicted molar refractivity (Wildman–Crippen MR) is 104 cm³/mol. The van der Waals surface area contributed by atoms with Crippen molar-refractivity contribution in [3.05, 3.63) is 46.8 Å². The van der Waals surface area contributed by atoms with Gasteiger partial charge < -0.3 is 0 Å². The fourth-order valence-corrected chi connectivity index (χ4v) is 4.21. The third kappa shape index (κ3) is 4.42. The van der Waals surface area contributed by atoms with E-state index in [1.165, 1.54) is 22.7 Å². The van der Waals surface area contributed by atoms with Gasteiger partial charge in [0.15, 0.2) is 0 Å². The zero-order chi connectivity index (χ0) is 20.2. The van der Waals surface area contributed by atoms with Crippen LogP contribution in [0, 0.1) is 13.8 Å². The van der Waals surface area contributed by atoms with Crippen LogP contribution >= 0.6 is 0 Å². The Balaban J connectivity index is 2.19. The molecule has 1 N–H and O–H groups in total. The third-order valence-corrected chi connectivity index (χ3v) is 6.41. The molecule has 146 valence electrons. The number of aryl methyl sites for hydroxylation is 2. The molecule has 0 saturated carbocycles. The number of carbonyl (C=O) groups is 1. The van der Waals surface area contributed by atoms with Crippen molar-refractivity contribution >= 4 is 22.1 Å². The Hall–Kier alpha value is -2.52. The van der Waals surface area contributed by atoms with Crippen molar-refractivity contribution in [1.29, 1.82) is 0 Å². The van der Waals surface area contributed by atoms with E-state index < -0.39 is 15.9 Å². The van der Waals surface area contributed by atoms with Crippen molar-refractivity contribution in [3.63, 3.8) is 0 Å². The molecule has 0 fully saturated rings. The van der Waals surface area contributed by atoms with Gasteiger partial charge in [0.1, 0.15) is 0 Å². The smallest absolute Gasteiger partial charge is 0.271 e. The first-order valence-corrected chi connectivity index (χ1v) is 10.1. The van der Waals surface area contributed by atoms with E-state index in [2.05, 4.69) is 15.6 Å². The lowest BCUT2D eigenvalue weighted by molar-refractivity contribution is 0.0955. The van der Waals surface area contributed by atoms with E-state index in [9.17, 15) is 13.2 Å². The van der Waals surface area contributed by atoms with Gasteiger partial charge >= 0.3 is 0 Å². The molecule has 0 bridgehead atoms. The highest BCUT2D eigenvalue weighted by atomic mass is 32.2. The van der Waals surface area contributed by atoms with Gasteiger partial charge in [-0.25, -0.2) is 13.8 Å². The van der Waals surface area contributed by atoms with Crippen LogP contribution in [-0.4, -0.2) is 47.7 Å². The van der Waals surface area contributed by atoms with Crippen molar-refractivity contribution in [2.45, 2.75) is 32.6 Å². The van der Waals surface area contributed by atoms with Gasteiger partial charge in [0.25, 0.3) is 5.91 Å². The summed E-state index contributed by atoms with van der Waals surface area (Å²) in [6, 6.07) is 5.94. The van der Waals surface area contributed by atoms with E-state index in [-0.39, 0.29) is 10.5 Å². The van der Waals surface area contributed by atoms with Crippen molar-refractivity contribution < 1.29 is 13.2 Å². The van der Waals surface area contributed by atoms with Crippen LogP contribution in [0.2, 0.25) is 0 Å². The molecule has 0 unspecified atom stereocenters. The van der Waals surface area contributed by atoms with Crippen LogP contribution in [0.3, 0.4) is 0 Å². The first kappa shape index (κ1) is 20.8. The lowest BCUT2D eigenvalue weighted by Crippen LogP contribution is -2.30. The number of aromatic nitrogens is 2. The second-order valence-corrected chi connectivity index (χ2v) is 7.96. The number of hydrogen-bond acceptors (Lipinski definition) is 5. The number of hydrazone groups is 1. The van der Waals surface area contributed by atoms with Crippen molar-refractivity contribution in [2.24, 2.45) is 12.1 Å². The molecule has 0 aliphatic carbocycles. The molecule has 1 aromatic heterocycles. The topological polar surface area (TPSA) is 96.7 Å². The second kappa shape index (κ2) is 8.45. The van der Waals surface area contributed by atoms with E-state index in [1.807, 2.05) is 20.9 Å². The molecule has 27 heavy (non-hydrogen) atoms. The van der Waals surface area contributed by atoms with Crippen molar-refractivity contribution in [1.82, 2.24) is 19.5 Å². The monoisotopic (exact) mass is 391 g/mol. The summed E-state index contributed by atoms with van der Waals surface area (Å²) in [5.74, 6) is -0.484. The maximum Gasteiger partial charge on any atom is 0.271 e. The summed E-state index contributed by atoms with van der Waals surface area (Å²) in [6.07, 6.45) is 1.53. The molecule has 0 aliphatic heterocycles. The summed E-state index contributed by atoms with van der Waals surface area (Å²) in [5, 5.41) is 8.25. The van der Waals surface area contributed by atoms with E-state index in [0.29, 0.717) is 13.1 Å². The molecule has 8 nitrogen and oxygen atoms in total. The molecule has 2 aromatic rings. The van der Waals surface area contributed by atoms with Gasteiger partial charge in [-0.1, -0.05) is 19.9 Å². The predicted octanol–water partition coefficient (Wildman–Crippen LogP) is 1.83. The third-order valence-electron chi connectivity index (χ3n) is 4.36. The van der Waals surface area contributed by atoms with Crippen LogP contribution in [0.5, 0.6) is 0 Å². The highest BCUT2D eigenvalue weighted by Crippen LogP contribution is 2.17. The second-order valence-electron chi connectivity index (χ2n) is 6.02. The molecule has 1 amide bonds. The summed E-state index contributed by atoms with van der Waals surface area (Å²) in [5.41, 5.74) is 5.22. The molecule has 9 heteroatoms. The number of nitrogens with one attached hydrogen (secondary N) is 1.